The number of carbonyl (C=O) groups is 4. The molecule has 0 radical (unpaired) electrons. The van der Waals surface area contributed by atoms with Gasteiger partial charge in [0, 0.05) is 164 Å². The number of unbranched alkanes of at least 4 members (excludes halogenated alkanes) is 1. The van der Waals surface area contributed by atoms with E-state index < -0.39 is 5.97 Å². The predicted molar refractivity (Wildman–Crippen MR) is 468 cm³/mol. The summed E-state index contributed by atoms with van der Waals surface area (Å²) in [4.78, 5) is 46.7. The molecule has 0 amide bonds. The van der Waals surface area contributed by atoms with Crippen molar-refractivity contribution in [2.75, 3.05) is 28.4 Å². The van der Waals surface area contributed by atoms with E-state index in [0.29, 0.717) is 36.3 Å². The number of hydrogen-bond acceptors (Lipinski definition) is 10. The van der Waals surface area contributed by atoms with Crippen molar-refractivity contribution < 1.29 is 173 Å². The maximum atomic E-state index is 11.2. The number of terminal acetylenes is 1. The first-order valence-corrected chi connectivity index (χ1v) is 48.1. The summed E-state index contributed by atoms with van der Waals surface area (Å²) in [6.45, 7) is 0. The standard InChI is InChI=1S/C9H18NO2P.C9H15N.C9H16O2.C8H13BrO.C8H15Br.7C5H10.C3H4BrClO.C2H2.CH2Cl2.CH4O.6Fe.H2NP.Na.H2O/c11-9(12-10-13)7-3-6-8-4-1-2-5-8;10-8-4-3-7-9-5-1-2-6-9;10-9(11)7-3-6-8-4-1-2-5-8;9-6-5-8(10)7-3-1-2-4-7;9-7-3-6-8-4-1-2-5-8;7*1-2-4-5-3-1;4-2-1-3(5)6;1-2;2-1-3;1-2;;;;;;;1-2;;/h8,10H,1-7,13H2;9H,1-7H2;8H,1-7H2,(H,10,11);7H,1-6H2;8H,1-7H2;7*1-5H2;1-2H2;1-2H;1H2;2H,1H3;;;;;;;1-2H;;1H2/q;;;;;;;;;;;;;;;;;;;;;;;+1;/p-1/i;;;;;;;;;;;;;1D;;;;;;;;;;;. The van der Waals surface area contributed by atoms with E-state index in [-0.39, 0.29) is 154 Å². The second-order valence-corrected chi connectivity index (χ2v) is 33.3. The van der Waals surface area contributed by atoms with Crippen molar-refractivity contribution in [3.05, 3.63) is 0 Å². The predicted octanol–water partition coefficient (Wildman–Crippen LogP) is 27.5. The number of carboxylic acids is 1. The van der Waals surface area contributed by atoms with E-state index in [9.17, 15) is 19.2 Å². The minimum absolute atomic E-state index is 0. The number of Topliss-reactive ketones (excluding diaryl/α,β-unsaturated/α-hetero) is 1. The molecule has 12 fully saturated rings. The average Bonchev–Trinajstić information content (AvgIpc) is 1.78. The minimum Gasteiger partial charge on any atom is -0.870 e. The fraction of sp³-hybridized carbons (Fsp3) is 0.918. The summed E-state index contributed by atoms with van der Waals surface area (Å²) >= 11 is 24.2. The van der Waals surface area contributed by atoms with Gasteiger partial charge in [-0.25, -0.2) is 0 Å². The second kappa shape index (κ2) is 130. The number of hydrogen-bond donors (Lipinski definition) is 4. The number of carbonyl (C=O) groups excluding carboxylic acids is 3. The zero-order chi connectivity index (χ0) is 77.9. The van der Waals surface area contributed by atoms with Crippen molar-refractivity contribution in [1.82, 2.24) is 5.25 Å². The van der Waals surface area contributed by atoms with Crippen LogP contribution in [0, 0.1) is 58.9 Å². The Labute approximate surface area is 816 Å². The Balaban J connectivity index is -0.0000000858. The summed E-state index contributed by atoms with van der Waals surface area (Å²) in [6, 6.07) is 2.19. The van der Waals surface area contributed by atoms with E-state index in [1.165, 1.54) is 378 Å². The molecule has 0 aromatic carbocycles. The van der Waals surface area contributed by atoms with Gasteiger partial charge in [0.2, 0.25) is 5.24 Å². The van der Waals surface area contributed by atoms with Crippen LogP contribution < -0.4 is 34.8 Å². The first-order valence-electron chi connectivity index (χ1n) is 42.7. The Morgan fingerprint density at radius 1 is 0.450 bits per heavy atom. The summed E-state index contributed by atoms with van der Waals surface area (Å²) in [5, 5.41) is 34.2. The Bertz CT molecular complexity index is 1680. The third kappa shape index (κ3) is 123. The topological polar surface area (TPSA) is 208 Å². The quantitative estimate of drug-likeness (QED) is 0.0172. The minimum atomic E-state index is -0.650. The molecule has 666 valence electrons. The van der Waals surface area contributed by atoms with Crippen LogP contribution in [-0.2, 0) is 126 Å². The Morgan fingerprint density at radius 2 is 0.667 bits per heavy atom. The van der Waals surface area contributed by atoms with Crippen LogP contribution in [0.2, 0.25) is 0 Å². The largest absolute Gasteiger partial charge is 1.00 e. The van der Waals surface area contributed by atoms with Gasteiger partial charge >= 0.3 is 41.5 Å². The van der Waals surface area contributed by atoms with Gasteiger partial charge in [0.15, 0.2) is 0 Å². The van der Waals surface area contributed by atoms with E-state index in [2.05, 4.69) is 88.8 Å². The molecule has 0 aromatic heterocycles. The van der Waals surface area contributed by atoms with Crippen molar-refractivity contribution in [3.8, 4) is 18.9 Å². The molecule has 0 heterocycles. The zero-order valence-electron chi connectivity index (χ0n) is 70.7. The molecule has 5 N–H and O–H groups in total. The molecule has 111 heavy (non-hydrogen) atoms. The van der Waals surface area contributed by atoms with Crippen LogP contribution in [0.25, 0.3) is 0 Å². The van der Waals surface area contributed by atoms with Gasteiger partial charge in [-0.05, 0) is 118 Å². The van der Waals surface area contributed by atoms with Crippen LogP contribution in [0.15, 0.2) is 0 Å². The van der Waals surface area contributed by atoms with E-state index in [4.69, 9.17) is 56.8 Å². The fourth-order valence-corrected chi connectivity index (χ4v) is 16.6. The van der Waals surface area contributed by atoms with E-state index in [0.717, 1.165) is 87.5 Å². The maximum Gasteiger partial charge on any atom is 1.00 e. The number of aliphatic hydroxyl groups is 1. The summed E-state index contributed by atoms with van der Waals surface area (Å²) in [5.41, 5.74) is 0. The zero-order valence-corrected chi connectivity index (χ0v) is 87.5. The Hall–Kier alpha value is 4.17. The monoisotopic (exact) mass is 2120 g/mol. The summed E-state index contributed by atoms with van der Waals surface area (Å²) in [5.74, 6) is 3.84. The smallest absolute Gasteiger partial charge is 0.870 e. The molecule has 12 rings (SSSR count). The number of ketones is 1. The number of halogens is 6. The molecule has 12 aliphatic carbocycles. The van der Waals surface area contributed by atoms with Crippen molar-refractivity contribution in [1.29, 1.82) is 10.4 Å². The summed E-state index contributed by atoms with van der Waals surface area (Å²) in [6.07, 6.45) is 97.9. The first kappa shape index (κ1) is 141. The van der Waals surface area contributed by atoms with Gasteiger partial charge in [-0.3, -0.25) is 24.3 Å². The van der Waals surface area contributed by atoms with Gasteiger partial charge in [0.05, 0.1) is 11.4 Å². The number of nitrogens with zero attached hydrogens (tertiary/aromatic N) is 1. The van der Waals surface area contributed by atoms with Gasteiger partial charge in [0.25, 0.3) is 0 Å². The molecular weight excluding hydrogens is 1960 g/mol. The van der Waals surface area contributed by atoms with Gasteiger partial charge in [-0.1, -0.05) is 388 Å². The van der Waals surface area contributed by atoms with E-state index in [1.807, 2.05) is 0 Å². The molecule has 0 spiro atoms. The molecule has 12 aliphatic rings. The average molecular weight is 2120 g/mol. The SMILES string of the molecule is BrCCCC1CCCC1.C1CCCC1.C1CCCC1.C1CCCC1.C1CCCC1.C1CCCC1.C1CCCC1.C1CCCC1.CO.ClCCl.N#CCCCC1CCCC1.N=P.O=C(CCBr)C1CCCC1.O=C(CCCC1CCCC1)ONP.O=C(Cl)CCBr.O=C(O)CCCC1CCCC1.[2H]C#C.[Fe].[Fe].[Fe].[Fe].[Fe].[Fe].[Na+].[OH-]. The van der Waals surface area contributed by atoms with Gasteiger partial charge in [-0.15, -0.1) is 41.3 Å². The fourth-order valence-electron chi connectivity index (χ4n) is 15.0. The first-order chi connectivity index (χ1) is 50.9. The molecule has 12 saturated carbocycles. The van der Waals surface area contributed by atoms with Gasteiger partial charge in [-0.2, -0.15) is 5.26 Å². The summed E-state index contributed by atoms with van der Waals surface area (Å²) in [7, 11) is 5.37. The van der Waals surface area contributed by atoms with E-state index >= 15 is 0 Å². The molecule has 0 aliphatic heterocycles. The Morgan fingerprint density at radius 3 is 0.856 bits per heavy atom. The van der Waals surface area contributed by atoms with Crippen molar-refractivity contribution >= 4 is 124 Å². The third-order valence-electron chi connectivity index (χ3n) is 20.9. The van der Waals surface area contributed by atoms with Crippen molar-refractivity contribution in [2.24, 2.45) is 29.6 Å². The molecule has 1 unspecified atom stereocenters. The number of nitriles is 1. The second-order valence-electron chi connectivity index (χ2n) is 29.4. The summed E-state index contributed by atoms with van der Waals surface area (Å²) < 4.78 is 5.74. The number of aliphatic carboxylic acids is 1. The Kier molecular flexibility index (Phi) is 165. The van der Waals surface area contributed by atoms with Crippen molar-refractivity contribution in [2.45, 2.75) is 437 Å². The molecule has 26 heteroatoms. The van der Waals surface area contributed by atoms with Gasteiger partial charge < -0.3 is 20.5 Å². The number of carboxylic acid groups (broad SMARTS) is 1. The molecular formula is C85H162Br3Cl3Fe6N3NaO8P2. The molecule has 0 bridgehead atoms. The molecule has 0 aromatic rings. The van der Waals surface area contributed by atoms with Crippen molar-refractivity contribution in [3.63, 3.8) is 0 Å². The normalized spacial score (nSPS) is 17.5. The van der Waals surface area contributed by atoms with Crippen LogP contribution in [0.1, 0.15) is 438 Å². The van der Waals surface area contributed by atoms with Crippen LogP contribution in [-0.4, -0.2) is 67.1 Å². The van der Waals surface area contributed by atoms with Crippen LogP contribution in [0.3, 0.4) is 0 Å². The van der Waals surface area contributed by atoms with Gasteiger partial charge in [0.1, 0.15) is 7.15 Å². The molecule has 11 nitrogen and oxygen atoms in total. The number of nitrogens with one attached hydrogen (secondary N) is 2. The van der Waals surface area contributed by atoms with E-state index in [1.54, 1.807) is 0 Å². The van der Waals surface area contributed by atoms with Crippen LogP contribution >= 0.6 is 101 Å². The number of aliphatic hydroxyl groups excluding tert-OH is 1. The maximum absolute atomic E-state index is 11.2. The number of rotatable bonds is 20. The van der Waals surface area contributed by atoms with Crippen LogP contribution in [0.4, 0.5) is 0 Å². The van der Waals surface area contributed by atoms with Crippen LogP contribution in [0.5, 0.6) is 0 Å². The molecule has 1 atom stereocenters. The number of alkyl halides is 5. The third-order valence-corrected chi connectivity index (χ3v) is 22.6. The molecule has 0 saturated heterocycles.